The van der Waals surface area contributed by atoms with Crippen LogP contribution in [0.4, 0.5) is 21.6 Å². The van der Waals surface area contributed by atoms with Gasteiger partial charge in [0.15, 0.2) is 5.75 Å². The van der Waals surface area contributed by atoms with E-state index in [-0.39, 0.29) is 40.0 Å². The first-order valence-electron chi connectivity index (χ1n) is 11.2. The highest BCUT2D eigenvalue weighted by atomic mass is 32.2. The highest BCUT2D eigenvalue weighted by Gasteiger charge is 2.30. The Kier molecular flexibility index (Phi) is 7.32. The van der Waals surface area contributed by atoms with Gasteiger partial charge in [-0.25, -0.2) is 9.11 Å². The largest absolute Gasteiger partial charge is 0.456 e. The maximum absolute atomic E-state index is 14.7. The van der Waals surface area contributed by atoms with Gasteiger partial charge in [0.25, 0.3) is 11.5 Å². The molecule has 1 saturated carbocycles. The third-order valence-corrected chi connectivity index (χ3v) is 6.15. The maximum Gasteiger partial charge on any atom is 0.259 e. The number of aryl methyl sites for hydroxylation is 1. The molecule has 10 heteroatoms. The van der Waals surface area contributed by atoms with Gasteiger partial charge in [-0.3, -0.25) is 14.2 Å². The SMILES string of the molecule is CNSNc1cccc(Oc2c(C(=O)NC3CC3)c(Nc3ccc(C)cc3F)n(C)c(=O)c2C)c1. The Morgan fingerprint density at radius 3 is 2.63 bits per heavy atom. The van der Waals surface area contributed by atoms with Gasteiger partial charge in [0.2, 0.25) is 0 Å². The zero-order chi connectivity index (χ0) is 25.1. The van der Waals surface area contributed by atoms with E-state index in [2.05, 4.69) is 20.1 Å². The van der Waals surface area contributed by atoms with E-state index in [9.17, 15) is 14.0 Å². The summed E-state index contributed by atoms with van der Waals surface area (Å²) in [6.45, 7) is 3.40. The van der Waals surface area contributed by atoms with Crippen LogP contribution in [0.1, 0.15) is 34.3 Å². The summed E-state index contributed by atoms with van der Waals surface area (Å²) in [7, 11) is 3.33. The Morgan fingerprint density at radius 2 is 1.94 bits per heavy atom. The second kappa shape index (κ2) is 10.4. The first kappa shape index (κ1) is 24.6. The lowest BCUT2D eigenvalue weighted by Crippen LogP contribution is -2.31. The molecular formula is C25H28FN5O3S. The van der Waals surface area contributed by atoms with Crippen LogP contribution in [0.15, 0.2) is 47.3 Å². The number of amides is 1. The van der Waals surface area contributed by atoms with Crippen molar-refractivity contribution >= 4 is 35.2 Å². The molecule has 1 amide bonds. The van der Waals surface area contributed by atoms with Crippen molar-refractivity contribution in [3.63, 3.8) is 0 Å². The molecule has 184 valence electrons. The van der Waals surface area contributed by atoms with E-state index >= 15 is 0 Å². The molecule has 0 spiro atoms. The van der Waals surface area contributed by atoms with Gasteiger partial charge in [-0.05, 0) is 63.6 Å². The lowest BCUT2D eigenvalue weighted by Gasteiger charge is -2.21. The molecule has 4 N–H and O–H groups in total. The molecule has 0 saturated heterocycles. The quantitative estimate of drug-likeness (QED) is 0.317. The number of nitrogens with one attached hydrogen (secondary N) is 4. The minimum Gasteiger partial charge on any atom is -0.456 e. The zero-order valence-electron chi connectivity index (χ0n) is 20.0. The van der Waals surface area contributed by atoms with Crippen molar-refractivity contribution in [3.05, 3.63) is 75.3 Å². The smallest absolute Gasteiger partial charge is 0.259 e. The first-order valence-corrected chi connectivity index (χ1v) is 12.0. The Labute approximate surface area is 207 Å². The normalized spacial score (nSPS) is 12.8. The van der Waals surface area contributed by atoms with Gasteiger partial charge < -0.3 is 20.1 Å². The number of pyridine rings is 1. The van der Waals surface area contributed by atoms with Crippen LogP contribution in [0.2, 0.25) is 0 Å². The number of anilines is 3. The minimum atomic E-state index is -0.491. The molecule has 1 aliphatic carbocycles. The lowest BCUT2D eigenvalue weighted by molar-refractivity contribution is 0.0949. The molecule has 0 radical (unpaired) electrons. The van der Waals surface area contributed by atoms with Gasteiger partial charge in [0.05, 0.1) is 11.3 Å². The van der Waals surface area contributed by atoms with E-state index in [1.807, 2.05) is 6.07 Å². The number of rotatable bonds is 9. The Hall–Kier alpha value is -3.50. The predicted octanol–water partition coefficient (Wildman–Crippen LogP) is 4.76. The van der Waals surface area contributed by atoms with Gasteiger partial charge in [-0.15, -0.1) is 0 Å². The van der Waals surface area contributed by atoms with Gasteiger partial charge in [-0.1, -0.05) is 12.1 Å². The molecule has 0 bridgehead atoms. The number of hydrogen-bond donors (Lipinski definition) is 4. The van der Waals surface area contributed by atoms with Crippen LogP contribution in [-0.4, -0.2) is 23.6 Å². The summed E-state index contributed by atoms with van der Waals surface area (Å²) in [5.74, 6) is -0.168. The van der Waals surface area contributed by atoms with Crippen molar-refractivity contribution < 1.29 is 13.9 Å². The van der Waals surface area contributed by atoms with Crippen LogP contribution in [0.3, 0.4) is 0 Å². The maximum atomic E-state index is 14.7. The van der Waals surface area contributed by atoms with Gasteiger partial charge in [-0.2, -0.15) is 0 Å². The van der Waals surface area contributed by atoms with Gasteiger partial charge in [0.1, 0.15) is 22.9 Å². The van der Waals surface area contributed by atoms with Crippen LogP contribution in [-0.2, 0) is 7.05 Å². The molecule has 4 rings (SSSR count). The molecule has 8 nitrogen and oxygen atoms in total. The Bertz CT molecular complexity index is 1320. The fourth-order valence-corrected chi connectivity index (χ4v) is 3.93. The fraction of sp³-hybridized carbons (Fsp3) is 0.280. The van der Waals surface area contributed by atoms with Crippen molar-refractivity contribution in [2.75, 3.05) is 17.1 Å². The summed E-state index contributed by atoms with van der Waals surface area (Å²) in [4.78, 5) is 26.6. The number of ether oxygens (including phenoxy) is 1. The van der Waals surface area contributed by atoms with Gasteiger partial charge >= 0.3 is 0 Å². The van der Waals surface area contributed by atoms with Crippen molar-refractivity contribution in [1.29, 1.82) is 0 Å². The molecule has 0 unspecified atom stereocenters. The van der Waals surface area contributed by atoms with E-state index in [0.29, 0.717) is 5.75 Å². The molecule has 0 atom stereocenters. The topological polar surface area (TPSA) is 96.4 Å². The van der Waals surface area contributed by atoms with Crippen molar-refractivity contribution in [3.8, 4) is 11.5 Å². The highest BCUT2D eigenvalue weighted by Crippen LogP contribution is 2.35. The van der Waals surface area contributed by atoms with Crippen molar-refractivity contribution in [2.24, 2.45) is 7.05 Å². The van der Waals surface area contributed by atoms with Crippen molar-refractivity contribution in [2.45, 2.75) is 32.7 Å². The van der Waals surface area contributed by atoms with Crippen molar-refractivity contribution in [1.82, 2.24) is 14.6 Å². The summed E-state index contributed by atoms with van der Waals surface area (Å²) in [6.07, 6.45) is 1.78. The first-order chi connectivity index (χ1) is 16.8. The molecule has 1 heterocycles. The predicted molar refractivity (Wildman–Crippen MR) is 138 cm³/mol. The number of carbonyl (C=O) groups excluding carboxylic acids is 1. The standard InChI is InChI=1S/C25H28FN5O3S/c1-14-8-11-20(19(26)12-14)29-23-21(24(32)28-16-9-10-16)22(15(2)25(33)31(23)4)34-18-7-5-6-17(13-18)30-35-27-3/h5-8,11-13,16,27,29-30H,9-10H2,1-4H3,(H,28,32). The highest BCUT2D eigenvalue weighted by molar-refractivity contribution is 7.98. The lowest BCUT2D eigenvalue weighted by atomic mass is 10.1. The molecule has 1 fully saturated rings. The second-order valence-electron chi connectivity index (χ2n) is 8.44. The average molecular weight is 498 g/mol. The summed E-state index contributed by atoms with van der Waals surface area (Å²) in [6, 6.07) is 11.9. The molecule has 35 heavy (non-hydrogen) atoms. The fourth-order valence-electron chi connectivity index (χ4n) is 3.58. The molecule has 0 aliphatic heterocycles. The third-order valence-electron chi connectivity index (χ3n) is 5.61. The second-order valence-corrected chi connectivity index (χ2v) is 9.25. The number of aromatic nitrogens is 1. The minimum absolute atomic E-state index is 0.0722. The van der Waals surface area contributed by atoms with E-state index in [1.165, 1.54) is 22.8 Å². The Morgan fingerprint density at radius 1 is 1.17 bits per heavy atom. The van der Waals surface area contributed by atoms with Crippen LogP contribution in [0, 0.1) is 19.7 Å². The van der Waals surface area contributed by atoms with E-state index in [1.54, 1.807) is 58.3 Å². The number of hydrogen-bond acceptors (Lipinski definition) is 7. The molecule has 1 aromatic heterocycles. The molecule has 3 aromatic rings. The van der Waals surface area contributed by atoms with Gasteiger partial charge in [0, 0.05) is 37.0 Å². The molecule has 1 aliphatic rings. The summed E-state index contributed by atoms with van der Waals surface area (Å²) in [5.41, 5.74) is 1.72. The van der Waals surface area contributed by atoms with E-state index < -0.39 is 11.7 Å². The zero-order valence-corrected chi connectivity index (χ0v) is 20.8. The van der Waals surface area contributed by atoms with Crippen LogP contribution in [0.5, 0.6) is 11.5 Å². The number of nitrogens with zero attached hydrogens (tertiary/aromatic N) is 1. The van der Waals surface area contributed by atoms with Crippen LogP contribution >= 0.6 is 12.1 Å². The van der Waals surface area contributed by atoms with Crippen LogP contribution < -0.4 is 30.4 Å². The summed E-state index contributed by atoms with van der Waals surface area (Å²) < 4.78 is 28.2. The Balaban J connectivity index is 1.83. The number of carbonyl (C=O) groups is 1. The number of halogens is 1. The average Bonchev–Trinajstić information content (AvgIpc) is 3.65. The summed E-state index contributed by atoms with van der Waals surface area (Å²) >= 11 is 1.29. The molecule has 2 aromatic carbocycles. The van der Waals surface area contributed by atoms with Crippen LogP contribution in [0.25, 0.3) is 0 Å². The third kappa shape index (κ3) is 5.60. The summed E-state index contributed by atoms with van der Waals surface area (Å²) in [5, 5.41) is 5.94. The monoisotopic (exact) mass is 497 g/mol. The molecular weight excluding hydrogens is 469 g/mol. The van der Waals surface area contributed by atoms with E-state index in [0.717, 1.165) is 24.1 Å². The number of benzene rings is 2. The van der Waals surface area contributed by atoms with E-state index in [4.69, 9.17) is 4.74 Å².